The van der Waals surface area contributed by atoms with Gasteiger partial charge < -0.3 is 21.1 Å². The molecule has 3 rings (SSSR count). The van der Waals surface area contributed by atoms with Crippen molar-refractivity contribution < 1.29 is 23.9 Å². The van der Waals surface area contributed by atoms with Crippen molar-refractivity contribution in [2.45, 2.75) is 59.1 Å². The largest absolute Gasteiger partial charge is 0.386 e. The Kier molecular flexibility index (Phi) is 7.65. The number of aliphatic hydroxyl groups is 1. The molecule has 188 valence electrons. The standard InChI is InChI=1S/C27H34FN3O4/c1-26(2,3)14-17-8-11-20(13-21(17)28)30-25(34)23(31-24(33)18-12-22(32)29-15-18)16-6-9-19(10-7-16)27(4,5)35/h6-11,13,18,23,35H,12,14-15H2,1-5H3,(H,29,32)(H,30,34)(H,31,33). The second-order valence-corrected chi connectivity index (χ2v) is 10.9. The number of hydrogen-bond donors (Lipinski definition) is 4. The van der Waals surface area contributed by atoms with Gasteiger partial charge >= 0.3 is 0 Å². The Balaban J connectivity index is 1.83. The zero-order chi connectivity index (χ0) is 26.0. The number of amides is 3. The van der Waals surface area contributed by atoms with Crippen molar-refractivity contribution in [2.24, 2.45) is 11.3 Å². The van der Waals surface area contributed by atoms with Gasteiger partial charge in [-0.15, -0.1) is 0 Å². The second kappa shape index (κ2) is 10.2. The zero-order valence-corrected chi connectivity index (χ0v) is 20.9. The Morgan fingerprint density at radius 3 is 2.29 bits per heavy atom. The van der Waals surface area contributed by atoms with Crippen molar-refractivity contribution in [1.29, 1.82) is 0 Å². The van der Waals surface area contributed by atoms with Gasteiger partial charge in [-0.1, -0.05) is 51.1 Å². The lowest BCUT2D eigenvalue weighted by Crippen LogP contribution is -2.40. The maximum absolute atomic E-state index is 14.7. The summed E-state index contributed by atoms with van der Waals surface area (Å²) in [6, 6.07) is 10.2. The van der Waals surface area contributed by atoms with E-state index in [9.17, 15) is 23.9 Å². The van der Waals surface area contributed by atoms with Crippen molar-refractivity contribution in [3.05, 3.63) is 65.0 Å². The molecule has 1 aliphatic heterocycles. The van der Waals surface area contributed by atoms with E-state index in [2.05, 4.69) is 16.0 Å². The maximum Gasteiger partial charge on any atom is 0.251 e. The summed E-state index contributed by atoms with van der Waals surface area (Å²) >= 11 is 0. The Labute approximate surface area is 205 Å². The van der Waals surface area contributed by atoms with Crippen LogP contribution in [0.2, 0.25) is 0 Å². The number of hydrogen-bond acceptors (Lipinski definition) is 4. The highest BCUT2D eigenvalue weighted by atomic mass is 19.1. The van der Waals surface area contributed by atoms with Crippen molar-refractivity contribution in [3.63, 3.8) is 0 Å². The van der Waals surface area contributed by atoms with E-state index in [1.807, 2.05) is 20.8 Å². The summed E-state index contributed by atoms with van der Waals surface area (Å²) < 4.78 is 14.7. The van der Waals surface area contributed by atoms with Crippen LogP contribution in [0.4, 0.5) is 10.1 Å². The minimum atomic E-state index is -1.08. The molecule has 0 aliphatic carbocycles. The SMILES string of the molecule is CC(C)(C)Cc1ccc(NC(=O)C(NC(=O)C2CNC(=O)C2)c2ccc(C(C)(C)O)cc2)cc1F. The van der Waals surface area contributed by atoms with Gasteiger partial charge in [-0.2, -0.15) is 0 Å². The van der Waals surface area contributed by atoms with E-state index in [-0.39, 0.29) is 30.0 Å². The van der Waals surface area contributed by atoms with Crippen LogP contribution in [0.25, 0.3) is 0 Å². The highest BCUT2D eigenvalue weighted by Gasteiger charge is 2.32. The van der Waals surface area contributed by atoms with E-state index in [4.69, 9.17) is 0 Å². The third-order valence-corrected chi connectivity index (χ3v) is 5.89. The molecule has 0 saturated carbocycles. The van der Waals surface area contributed by atoms with Crippen molar-refractivity contribution in [3.8, 4) is 0 Å². The molecule has 1 saturated heterocycles. The summed E-state index contributed by atoms with van der Waals surface area (Å²) in [6.07, 6.45) is 0.603. The van der Waals surface area contributed by atoms with Gasteiger partial charge in [0.1, 0.15) is 11.9 Å². The van der Waals surface area contributed by atoms with Crippen LogP contribution in [-0.2, 0) is 26.4 Å². The maximum atomic E-state index is 14.7. The lowest BCUT2D eigenvalue weighted by atomic mass is 9.88. The van der Waals surface area contributed by atoms with Gasteiger partial charge in [0.15, 0.2) is 0 Å². The number of rotatable bonds is 7. The van der Waals surface area contributed by atoms with Crippen LogP contribution < -0.4 is 16.0 Å². The summed E-state index contributed by atoms with van der Waals surface area (Å²) in [5.41, 5.74) is 0.810. The number of benzene rings is 2. The van der Waals surface area contributed by atoms with Gasteiger partial charge in [0.25, 0.3) is 5.91 Å². The number of nitrogens with one attached hydrogen (secondary N) is 3. The third-order valence-electron chi connectivity index (χ3n) is 5.89. The van der Waals surface area contributed by atoms with E-state index >= 15 is 0 Å². The van der Waals surface area contributed by atoms with Gasteiger partial charge in [-0.05, 0) is 54.5 Å². The third kappa shape index (κ3) is 7.11. The first-order chi connectivity index (χ1) is 16.2. The Morgan fingerprint density at radius 1 is 1.11 bits per heavy atom. The molecule has 4 N–H and O–H groups in total. The van der Waals surface area contributed by atoms with Crippen LogP contribution in [-0.4, -0.2) is 29.4 Å². The average Bonchev–Trinajstić information content (AvgIpc) is 3.19. The van der Waals surface area contributed by atoms with Gasteiger partial charge in [0, 0.05) is 18.7 Å². The fourth-order valence-corrected chi connectivity index (χ4v) is 3.99. The van der Waals surface area contributed by atoms with Gasteiger partial charge in [0.05, 0.1) is 11.5 Å². The summed E-state index contributed by atoms with van der Waals surface area (Å²) in [5, 5.41) is 18.3. The molecule has 2 aromatic rings. The molecule has 2 unspecified atom stereocenters. The molecule has 8 heteroatoms. The molecular weight excluding hydrogens is 449 g/mol. The highest BCUT2D eigenvalue weighted by Crippen LogP contribution is 2.26. The van der Waals surface area contributed by atoms with Crippen molar-refractivity contribution in [2.75, 3.05) is 11.9 Å². The van der Waals surface area contributed by atoms with Gasteiger partial charge in [-0.3, -0.25) is 14.4 Å². The predicted octanol–water partition coefficient (Wildman–Crippen LogP) is 3.57. The fourth-order valence-electron chi connectivity index (χ4n) is 3.99. The Morgan fingerprint density at radius 2 is 1.77 bits per heavy atom. The normalized spacial score (nSPS) is 17.0. The highest BCUT2D eigenvalue weighted by molar-refractivity contribution is 5.99. The fraction of sp³-hybridized carbons (Fsp3) is 0.444. The molecule has 3 amide bonds. The van der Waals surface area contributed by atoms with E-state index < -0.39 is 35.2 Å². The molecule has 35 heavy (non-hydrogen) atoms. The topological polar surface area (TPSA) is 108 Å². The summed E-state index contributed by atoms with van der Waals surface area (Å²) in [6.45, 7) is 9.56. The average molecular weight is 484 g/mol. The lowest BCUT2D eigenvalue weighted by Gasteiger charge is -2.23. The smallest absolute Gasteiger partial charge is 0.251 e. The Bertz CT molecular complexity index is 1100. The number of halogens is 1. The monoisotopic (exact) mass is 483 g/mol. The van der Waals surface area contributed by atoms with Gasteiger partial charge in [-0.25, -0.2) is 4.39 Å². The molecule has 0 spiro atoms. The molecular formula is C27H34FN3O4. The molecule has 0 aromatic heterocycles. The van der Waals surface area contributed by atoms with Crippen LogP contribution >= 0.6 is 0 Å². The molecule has 0 radical (unpaired) electrons. The molecule has 1 heterocycles. The first-order valence-corrected chi connectivity index (χ1v) is 11.7. The predicted molar refractivity (Wildman–Crippen MR) is 132 cm³/mol. The first-order valence-electron chi connectivity index (χ1n) is 11.7. The van der Waals surface area contributed by atoms with E-state index in [1.165, 1.54) is 6.07 Å². The first kappa shape index (κ1) is 26.3. The van der Waals surface area contributed by atoms with Crippen LogP contribution in [0.3, 0.4) is 0 Å². The zero-order valence-electron chi connectivity index (χ0n) is 20.9. The Hall–Kier alpha value is -3.26. The molecule has 2 atom stereocenters. The molecule has 1 fully saturated rings. The number of carbonyl (C=O) groups is 3. The second-order valence-electron chi connectivity index (χ2n) is 10.9. The van der Waals surface area contributed by atoms with Crippen LogP contribution in [0.5, 0.6) is 0 Å². The molecule has 7 nitrogen and oxygen atoms in total. The number of anilines is 1. The van der Waals surface area contributed by atoms with E-state index in [0.717, 1.165) is 0 Å². The van der Waals surface area contributed by atoms with Crippen molar-refractivity contribution >= 4 is 23.4 Å². The van der Waals surface area contributed by atoms with Crippen LogP contribution in [0.15, 0.2) is 42.5 Å². The van der Waals surface area contributed by atoms with Crippen molar-refractivity contribution in [1.82, 2.24) is 10.6 Å². The van der Waals surface area contributed by atoms with E-state index in [0.29, 0.717) is 23.1 Å². The summed E-state index contributed by atoms with van der Waals surface area (Å²) in [7, 11) is 0. The van der Waals surface area contributed by atoms with Crippen LogP contribution in [0.1, 0.15) is 63.8 Å². The minimum absolute atomic E-state index is 0.0538. The number of carbonyl (C=O) groups excluding carboxylic acids is 3. The molecule has 0 bridgehead atoms. The van der Waals surface area contributed by atoms with Crippen LogP contribution in [0, 0.1) is 17.2 Å². The lowest BCUT2D eigenvalue weighted by molar-refractivity contribution is -0.129. The van der Waals surface area contributed by atoms with E-state index in [1.54, 1.807) is 50.2 Å². The minimum Gasteiger partial charge on any atom is -0.386 e. The molecule has 1 aliphatic rings. The summed E-state index contributed by atoms with van der Waals surface area (Å²) in [5.74, 6) is -2.19. The quantitative estimate of drug-likeness (QED) is 0.483. The molecule has 2 aromatic carbocycles. The summed E-state index contributed by atoms with van der Waals surface area (Å²) in [4.78, 5) is 37.6. The van der Waals surface area contributed by atoms with Gasteiger partial charge in [0.2, 0.25) is 11.8 Å².